The number of fused-ring (bicyclic) bond motifs is 2. The van der Waals surface area contributed by atoms with Crippen molar-refractivity contribution in [3.63, 3.8) is 0 Å². The molecule has 2 bridgehead atoms. The lowest BCUT2D eigenvalue weighted by Crippen LogP contribution is -2.41. The zero-order chi connectivity index (χ0) is 19.4. The SMILES string of the molecule is O=C(NC[C@H]1[C@H]2CN(c3ncccn3)C[C@]23CC[C@H]1O3)c1ccc2nc[nH]c2c1. The van der Waals surface area contributed by atoms with Gasteiger partial charge in [0.25, 0.3) is 5.91 Å². The zero-order valence-electron chi connectivity index (χ0n) is 15.9. The van der Waals surface area contributed by atoms with Crippen molar-refractivity contribution in [3.05, 3.63) is 48.5 Å². The summed E-state index contributed by atoms with van der Waals surface area (Å²) in [6.45, 7) is 2.33. The van der Waals surface area contributed by atoms with Gasteiger partial charge in [0.15, 0.2) is 0 Å². The van der Waals surface area contributed by atoms with Crippen LogP contribution in [0.3, 0.4) is 0 Å². The Bertz CT molecular complexity index is 1070. The van der Waals surface area contributed by atoms with E-state index in [0.29, 0.717) is 23.9 Å². The lowest BCUT2D eigenvalue weighted by atomic mass is 9.73. The molecule has 148 valence electrons. The van der Waals surface area contributed by atoms with E-state index in [4.69, 9.17) is 4.74 Å². The molecule has 1 aromatic carbocycles. The normalized spacial score (nSPS) is 30.1. The predicted molar refractivity (Wildman–Crippen MR) is 106 cm³/mol. The van der Waals surface area contributed by atoms with Crippen LogP contribution in [0.1, 0.15) is 23.2 Å². The quantitative estimate of drug-likeness (QED) is 0.705. The Balaban J connectivity index is 1.17. The Labute approximate surface area is 167 Å². The fourth-order valence-electron chi connectivity index (χ4n) is 5.46. The number of amides is 1. The maximum absolute atomic E-state index is 12.7. The van der Waals surface area contributed by atoms with E-state index < -0.39 is 0 Å². The molecular formula is C21H22N6O2. The summed E-state index contributed by atoms with van der Waals surface area (Å²) in [5, 5.41) is 3.14. The number of imidazole rings is 1. The van der Waals surface area contributed by atoms with E-state index in [-0.39, 0.29) is 17.6 Å². The van der Waals surface area contributed by atoms with Gasteiger partial charge in [0, 0.05) is 42.9 Å². The van der Waals surface area contributed by atoms with E-state index in [2.05, 4.69) is 30.2 Å². The van der Waals surface area contributed by atoms with Gasteiger partial charge in [-0.15, -0.1) is 0 Å². The first-order valence-electron chi connectivity index (χ1n) is 10.1. The number of rotatable bonds is 4. The molecule has 0 unspecified atom stereocenters. The molecule has 8 nitrogen and oxygen atoms in total. The average Bonchev–Trinajstić information content (AvgIpc) is 3.51. The number of nitrogens with one attached hydrogen (secondary N) is 2. The number of aromatic nitrogens is 4. The molecule has 5 heterocycles. The van der Waals surface area contributed by atoms with Crippen molar-refractivity contribution in [2.75, 3.05) is 24.5 Å². The standard InChI is InChI=1S/C21H22N6O2/c28-19(13-2-3-16-17(8-13)26-12-25-16)24-9-14-15-10-27(20-22-6-1-7-23-20)11-21(15)5-4-18(14)29-21/h1-3,6-8,12,14-15,18H,4-5,9-11H2,(H,24,28)(H,25,26)/t14-,15+,18+,21+/m0/s1. The van der Waals surface area contributed by atoms with E-state index in [1.807, 2.05) is 24.3 Å². The Kier molecular flexibility index (Phi) is 3.64. The van der Waals surface area contributed by atoms with Crippen molar-refractivity contribution < 1.29 is 9.53 Å². The summed E-state index contributed by atoms with van der Waals surface area (Å²) in [5.41, 5.74) is 2.26. The Morgan fingerprint density at radius 3 is 3.10 bits per heavy atom. The summed E-state index contributed by atoms with van der Waals surface area (Å²) in [5.74, 6) is 1.41. The Hall–Kier alpha value is -3.00. The van der Waals surface area contributed by atoms with Crippen LogP contribution in [0.2, 0.25) is 0 Å². The second-order valence-corrected chi connectivity index (χ2v) is 8.30. The van der Waals surface area contributed by atoms with Gasteiger partial charge in [0.1, 0.15) is 0 Å². The molecule has 3 aromatic rings. The maximum atomic E-state index is 12.7. The molecule has 0 aliphatic carbocycles. The summed E-state index contributed by atoms with van der Waals surface area (Å²) in [7, 11) is 0. The van der Waals surface area contributed by atoms with Crippen LogP contribution < -0.4 is 10.2 Å². The molecule has 3 fully saturated rings. The lowest BCUT2D eigenvalue weighted by molar-refractivity contribution is 0.0141. The van der Waals surface area contributed by atoms with Gasteiger partial charge >= 0.3 is 0 Å². The smallest absolute Gasteiger partial charge is 0.251 e. The van der Waals surface area contributed by atoms with Crippen molar-refractivity contribution in [1.82, 2.24) is 25.3 Å². The van der Waals surface area contributed by atoms with Crippen molar-refractivity contribution in [2.24, 2.45) is 11.8 Å². The van der Waals surface area contributed by atoms with Crippen molar-refractivity contribution in [1.29, 1.82) is 0 Å². The molecule has 0 radical (unpaired) electrons. The topological polar surface area (TPSA) is 96.0 Å². The number of ether oxygens (including phenoxy) is 1. The van der Waals surface area contributed by atoms with Crippen molar-refractivity contribution >= 4 is 22.9 Å². The van der Waals surface area contributed by atoms with E-state index in [1.54, 1.807) is 18.7 Å². The molecule has 3 aliphatic heterocycles. The monoisotopic (exact) mass is 390 g/mol. The van der Waals surface area contributed by atoms with Crippen molar-refractivity contribution in [3.8, 4) is 0 Å². The molecule has 6 rings (SSSR count). The second-order valence-electron chi connectivity index (χ2n) is 8.30. The number of hydrogen-bond donors (Lipinski definition) is 2. The maximum Gasteiger partial charge on any atom is 0.251 e. The number of nitrogens with zero attached hydrogens (tertiary/aromatic N) is 4. The van der Waals surface area contributed by atoms with Crippen LogP contribution in [-0.4, -0.2) is 57.2 Å². The number of benzene rings is 1. The van der Waals surface area contributed by atoms with Gasteiger partial charge in [-0.25, -0.2) is 15.0 Å². The molecular weight excluding hydrogens is 368 g/mol. The first-order chi connectivity index (χ1) is 14.2. The highest BCUT2D eigenvalue weighted by molar-refractivity contribution is 5.97. The number of carbonyl (C=O) groups excluding carboxylic acids is 1. The third kappa shape index (κ3) is 2.62. The molecule has 2 aromatic heterocycles. The largest absolute Gasteiger partial charge is 0.369 e. The minimum atomic E-state index is -0.117. The lowest BCUT2D eigenvalue weighted by Gasteiger charge is -2.29. The molecule has 4 atom stereocenters. The van der Waals surface area contributed by atoms with Crippen LogP contribution in [-0.2, 0) is 4.74 Å². The molecule has 1 spiro atoms. The third-order valence-electron chi connectivity index (χ3n) is 6.80. The minimum absolute atomic E-state index is 0.0560. The molecule has 3 saturated heterocycles. The average molecular weight is 390 g/mol. The van der Waals surface area contributed by atoms with Gasteiger partial charge in [-0.1, -0.05) is 0 Å². The second kappa shape index (κ2) is 6.25. The van der Waals surface area contributed by atoms with E-state index in [1.165, 1.54) is 0 Å². The first-order valence-corrected chi connectivity index (χ1v) is 10.1. The van der Waals surface area contributed by atoms with Gasteiger partial charge < -0.3 is 19.9 Å². The van der Waals surface area contributed by atoms with Crippen LogP contribution in [0.25, 0.3) is 11.0 Å². The first kappa shape index (κ1) is 16.9. The van der Waals surface area contributed by atoms with Crippen LogP contribution in [0.4, 0.5) is 5.95 Å². The van der Waals surface area contributed by atoms with Crippen molar-refractivity contribution in [2.45, 2.75) is 24.5 Å². The number of carbonyl (C=O) groups is 1. The van der Waals surface area contributed by atoms with E-state index in [9.17, 15) is 4.79 Å². The zero-order valence-corrected chi connectivity index (χ0v) is 15.9. The Morgan fingerprint density at radius 1 is 1.31 bits per heavy atom. The van der Waals surface area contributed by atoms with E-state index >= 15 is 0 Å². The highest BCUT2D eigenvalue weighted by atomic mass is 16.5. The summed E-state index contributed by atoms with van der Waals surface area (Å²) < 4.78 is 6.47. The molecule has 3 aliphatic rings. The molecule has 1 amide bonds. The fraction of sp³-hybridized carbons (Fsp3) is 0.429. The minimum Gasteiger partial charge on any atom is -0.369 e. The van der Waals surface area contributed by atoms with Crippen LogP contribution in [0.5, 0.6) is 0 Å². The Morgan fingerprint density at radius 2 is 2.21 bits per heavy atom. The summed E-state index contributed by atoms with van der Waals surface area (Å²) in [6.07, 6.45) is 7.56. The highest BCUT2D eigenvalue weighted by Gasteiger charge is 2.63. The van der Waals surface area contributed by atoms with E-state index in [0.717, 1.165) is 42.9 Å². The summed E-state index contributed by atoms with van der Waals surface area (Å²) in [4.78, 5) is 31.0. The van der Waals surface area contributed by atoms with Crippen LogP contribution in [0, 0.1) is 11.8 Å². The highest BCUT2D eigenvalue weighted by Crippen LogP contribution is 2.54. The number of H-pyrrole nitrogens is 1. The van der Waals surface area contributed by atoms with Crippen LogP contribution in [0.15, 0.2) is 43.0 Å². The van der Waals surface area contributed by atoms with Gasteiger partial charge in [-0.05, 0) is 37.1 Å². The van der Waals surface area contributed by atoms with Gasteiger partial charge in [0.05, 0.1) is 35.6 Å². The van der Waals surface area contributed by atoms with Gasteiger partial charge in [-0.3, -0.25) is 4.79 Å². The predicted octanol–water partition coefficient (Wildman–Crippen LogP) is 1.77. The fourth-order valence-corrected chi connectivity index (χ4v) is 5.46. The number of anilines is 1. The summed E-state index contributed by atoms with van der Waals surface area (Å²) in [6, 6.07) is 7.37. The number of hydrogen-bond acceptors (Lipinski definition) is 6. The van der Waals surface area contributed by atoms with Crippen LogP contribution >= 0.6 is 0 Å². The molecule has 8 heteroatoms. The van der Waals surface area contributed by atoms with Gasteiger partial charge in [0.2, 0.25) is 5.95 Å². The third-order valence-corrected chi connectivity index (χ3v) is 6.80. The summed E-state index contributed by atoms with van der Waals surface area (Å²) >= 11 is 0. The molecule has 0 saturated carbocycles. The van der Waals surface area contributed by atoms with Gasteiger partial charge in [-0.2, -0.15) is 0 Å². The molecule has 2 N–H and O–H groups in total. The molecule has 29 heavy (non-hydrogen) atoms. The number of aromatic amines is 1.